The maximum Gasteiger partial charge on any atom is 0.155 e. The van der Waals surface area contributed by atoms with Gasteiger partial charge in [0.2, 0.25) is 0 Å². The Kier molecular flexibility index (Phi) is 4.62. The van der Waals surface area contributed by atoms with E-state index in [1.807, 2.05) is 0 Å². The molecule has 80 valence electrons. The summed E-state index contributed by atoms with van der Waals surface area (Å²) >= 11 is 3.22. The lowest BCUT2D eigenvalue weighted by atomic mass is 10.1. The topological polar surface area (TPSA) is 17.1 Å². The number of hydrogen-bond acceptors (Lipinski definition) is 1. The number of aldehydes is 1. The first kappa shape index (κ1) is 12.0. The smallest absolute Gasteiger partial charge is 0.155 e. The second-order valence-electron chi connectivity index (χ2n) is 2.86. The van der Waals surface area contributed by atoms with Crippen LogP contribution in [-0.2, 0) is 0 Å². The van der Waals surface area contributed by atoms with Gasteiger partial charge in [-0.3, -0.25) is 4.79 Å². The van der Waals surface area contributed by atoms with Crippen molar-refractivity contribution in [1.82, 2.24) is 0 Å². The Bertz CT molecular complexity index is 388. The minimum absolute atomic E-state index is 0.187. The molecule has 1 aromatic carbocycles. The third-order valence-corrected chi connectivity index (χ3v) is 2.31. The largest absolute Gasteiger partial charge is 0.298 e. The van der Waals surface area contributed by atoms with Crippen LogP contribution < -0.4 is 0 Å². The summed E-state index contributed by atoms with van der Waals surface area (Å²) in [4.78, 5) is 10.4. The second-order valence-corrected chi connectivity index (χ2v) is 3.66. The predicted molar refractivity (Wildman–Crippen MR) is 59.2 cm³/mol. The van der Waals surface area contributed by atoms with Crippen LogP contribution in [0.15, 0.2) is 18.2 Å². The van der Waals surface area contributed by atoms with Crippen LogP contribution in [0.25, 0.3) is 6.08 Å². The molecule has 0 aliphatic carbocycles. The van der Waals surface area contributed by atoms with Crippen LogP contribution in [0.5, 0.6) is 0 Å². The monoisotopic (exact) mass is 274 g/mol. The van der Waals surface area contributed by atoms with E-state index in [1.54, 1.807) is 6.08 Å². The van der Waals surface area contributed by atoms with Crippen molar-refractivity contribution in [2.24, 2.45) is 0 Å². The Morgan fingerprint density at radius 1 is 1.33 bits per heavy atom. The van der Waals surface area contributed by atoms with Crippen molar-refractivity contribution in [3.8, 4) is 0 Å². The Morgan fingerprint density at radius 2 is 2.07 bits per heavy atom. The Labute approximate surface area is 94.9 Å². The third-order valence-electron chi connectivity index (χ3n) is 1.85. The van der Waals surface area contributed by atoms with E-state index in [0.29, 0.717) is 0 Å². The molecule has 1 rings (SSSR count). The van der Waals surface area contributed by atoms with Gasteiger partial charge in [-0.2, -0.15) is 0 Å². The van der Waals surface area contributed by atoms with Gasteiger partial charge in [0.05, 0.1) is 5.56 Å². The van der Waals surface area contributed by atoms with Gasteiger partial charge in [0.1, 0.15) is 11.6 Å². The van der Waals surface area contributed by atoms with E-state index in [2.05, 4.69) is 15.9 Å². The van der Waals surface area contributed by atoms with Crippen LogP contribution >= 0.6 is 15.9 Å². The van der Waals surface area contributed by atoms with Gasteiger partial charge >= 0.3 is 0 Å². The number of alkyl halides is 1. The lowest BCUT2D eigenvalue weighted by molar-refractivity contribution is 0.111. The molecular weight excluding hydrogens is 266 g/mol. The maximum atomic E-state index is 13.4. The lowest BCUT2D eigenvalue weighted by Crippen LogP contribution is -1.96. The fraction of sp³-hybridized carbons (Fsp3) is 0.182. The number of carbonyl (C=O) groups is 1. The standard InChI is InChI=1S/C11H9BrF2O/c12-6-2-1-3-8-4-5-10(13)9(7-15)11(8)14/h1,3-5,7H,2,6H2. The zero-order valence-corrected chi connectivity index (χ0v) is 9.43. The molecule has 0 atom stereocenters. The Morgan fingerprint density at radius 3 is 2.67 bits per heavy atom. The summed E-state index contributed by atoms with van der Waals surface area (Å²) in [6.45, 7) is 0. The van der Waals surface area contributed by atoms with Crippen LogP contribution in [0.3, 0.4) is 0 Å². The maximum absolute atomic E-state index is 13.4. The first-order valence-electron chi connectivity index (χ1n) is 4.36. The molecule has 0 aliphatic rings. The van der Waals surface area contributed by atoms with Gasteiger partial charge in [0.25, 0.3) is 0 Å². The molecule has 0 fully saturated rings. The van der Waals surface area contributed by atoms with Crippen molar-refractivity contribution >= 4 is 28.3 Å². The summed E-state index contributed by atoms with van der Waals surface area (Å²) in [6.07, 6.45) is 4.21. The normalized spacial score (nSPS) is 10.9. The van der Waals surface area contributed by atoms with Gasteiger partial charge in [0, 0.05) is 10.9 Å². The van der Waals surface area contributed by atoms with Gasteiger partial charge in [-0.05, 0) is 18.6 Å². The summed E-state index contributed by atoms with van der Waals surface area (Å²) in [5.41, 5.74) is -0.296. The van der Waals surface area contributed by atoms with Crippen LogP contribution in [0.2, 0.25) is 0 Å². The molecule has 0 spiro atoms. The Balaban J connectivity index is 3.05. The molecule has 0 N–H and O–H groups in total. The van der Waals surface area contributed by atoms with E-state index >= 15 is 0 Å². The van der Waals surface area contributed by atoms with Crippen molar-refractivity contribution in [3.63, 3.8) is 0 Å². The zero-order valence-electron chi connectivity index (χ0n) is 7.84. The summed E-state index contributed by atoms with van der Waals surface area (Å²) in [7, 11) is 0. The highest BCUT2D eigenvalue weighted by molar-refractivity contribution is 9.09. The SMILES string of the molecule is O=Cc1c(F)ccc(C=CCCBr)c1F. The highest BCUT2D eigenvalue weighted by atomic mass is 79.9. The van der Waals surface area contributed by atoms with E-state index in [4.69, 9.17) is 0 Å². The summed E-state index contributed by atoms with van der Waals surface area (Å²) < 4.78 is 26.3. The number of hydrogen-bond donors (Lipinski definition) is 0. The van der Waals surface area contributed by atoms with Gasteiger partial charge in [0.15, 0.2) is 6.29 Å². The first-order valence-corrected chi connectivity index (χ1v) is 5.48. The van der Waals surface area contributed by atoms with Gasteiger partial charge in [-0.1, -0.05) is 28.1 Å². The first-order chi connectivity index (χ1) is 7.20. The average Bonchev–Trinajstić information content (AvgIpc) is 2.22. The second kappa shape index (κ2) is 5.75. The predicted octanol–water partition coefficient (Wildman–Crippen LogP) is 3.58. The third kappa shape index (κ3) is 2.96. The van der Waals surface area contributed by atoms with Crippen LogP contribution in [0.1, 0.15) is 22.3 Å². The lowest BCUT2D eigenvalue weighted by Gasteiger charge is -2.00. The number of benzene rings is 1. The van der Waals surface area contributed by atoms with Crippen LogP contribution in [-0.4, -0.2) is 11.6 Å². The number of carbonyl (C=O) groups excluding carboxylic acids is 1. The molecule has 0 aliphatic heterocycles. The molecule has 0 saturated carbocycles. The Hall–Kier alpha value is -1.03. The van der Waals surface area contributed by atoms with Gasteiger partial charge in [-0.15, -0.1) is 0 Å². The summed E-state index contributed by atoms with van der Waals surface area (Å²) in [5, 5.41) is 0.771. The number of halogens is 3. The van der Waals surface area contributed by atoms with Gasteiger partial charge < -0.3 is 0 Å². The molecule has 0 saturated heterocycles. The molecule has 0 radical (unpaired) electrons. The fourth-order valence-electron chi connectivity index (χ4n) is 1.10. The van der Waals surface area contributed by atoms with E-state index < -0.39 is 17.2 Å². The average molecular weight is 275 g/mol. The highest BCUT2D eigenvalue weighted by Gasteiger charge is 2.10. The fourth-order valence-corrected chi connectivity index (χ4v) is 1.36. The van der Waals surface area contributed by atoms with E-state index in [9.17, 15) is 13.6 Å². The summed E-state index contributed by atoms with van der Waals surface area (Å²) in [5.74, 6) is -1.64. The van der Waals surface area contributed by atoms with E-state index in [1.165, 1.54) is 12.1 Å². The number of rotatable bonds is 4. The molecule has 0 amide bonds. The molecule has 4 heteroatoms. The molecule has 15 heavy (non-hydrogen) atoms. The zero-order chi connectivity index (χ0) is 11.3. The molecule has 0 aromatic heterocycles. The molecular formula is C11H9BrF2O. The van der Waals surface area contributed by atoms with E-state index in [-0.39, 0.29) is 11.8 Å². The van der Waals surface area contributed by atoms with Crippen LogP contribution in [0, 0.1) is 11.6 Å². The minimum atomic E-state index is -0.833. The quantitative estimate of drug-likeness (QED) is 0.606. The number of allylic oxidation sites excluding steroid dienone is 1. The van der Waals surface area contributed by atoms with Gasteiger partial charge in [-0.25, -0.2) is 8.78 Å². The van der Waals surface area contributed by atoms with Crippen molar-refractivity contribution in [2.45, 2.75) is 6.42 Å². The van der Waals surface area contributed by atoms with Crippen molar-refractivity contribution in [3.05, 3.63) is 41.0 Å². The molecule has 0 unspecified atom stereocenters. The van der Waals surface area contributed by atoms with E-state index in [0.717, 1.165) is 17.8 Å². The molecule has 0 bridgehead atoms. The van der Waals surface area contributed by atoms with Crippen LogP contribution in [0.4, 0.5) is 8.78 Å². The highest BCUT2D eigenvalue weighted by Crippen LogP contribution is 2.16. The van der Waals surface area contributed by atoms with Crippen molar-refractivity contribution in [2.75, 3.05) is 5.33 Å². The van der Waals surface area contributed by atoms with Crippen molar-refractivity contribution < 1.29 is 13.6 Å². The summed E-state index contributed by atoms with van der Waals surface area (Å²) in [6, 6.07) is 2.39. The molecule has 1 nitrogen and oxygen atoms in total. The minimum Gasteiger partial charge on any atom is -0.298 e. The molecule has 1 aromatic rings. The van der Waals surface area contributed by atoms with Crippen molar-refractivity contribution in [1.29, 1.82) is 0 Å². The molecule has 0 heterocycles.